The molecule has 0 bridgehead atoms. The lowest BCUT2D eigenvalue weighted by atomic mass is 9.82. The van der Waals surface area contributed by atoms with E-state index in [4.69, 9.17) is 0 Å². The number of amides is 1. The molecule has 1 saturated carbocycles. The number of aliphatic hydroxyl groups excluding tert-OH is 1. The summed E-state index contributed by atoms with van der Waals surface area (Å²) >= 11 is 0. The minimum absolute atomic E-state index is 0.0942. The van der Waals surface area contributed by atoms with Gasteiger partial charge >= 0.3 is 0 Å². The molecular weight excluding hydrogens is 278 g/mol. The molecule has 0 saturated heterocycles. The molecule has 0 spiro atoms. The summed E-state index contributed by atoms with van der Waals surface area (Å²) < 4.78 is 0. The van der Waals surface area contributed by atoms with Crippen LogP contribution in [0, 0.1) is 0 Å². The third-order valence-electron chi connectivity index (χ3n) is 4.57. The Morgan fingerprint density at radius 3 is 2.50 bits per heavy atom. The van der Waals surface area contributed by atoms with E-state index < -0.39 is 5.60 Å². The van der Waals surface area contributed by atoms with E-state index in [1.165, 1.54) is 0 Å². The zero-order chi connectivity index (χ0) is 15.8. The van der Waals surface area contributed by atoms with Crippen LogP contribution in [0.25, 0.3) is 0 Å². The average Bonchev–Trinajstić information content (AvgIpc) is 2.52. The lowest BCUT2D eigenvalue weighted by Crippen LogP contribution is -2.39. The Labute approximate surface area is 132 Å². The summed E-state index contributed by atoms with van der Waals surface area (Å²) in [6.45, 7) is 0.596. The highest BCUT2D eigenvalue weighted by Gasteiger charge is 2.31. The van der Waals surface area contributed by atoms with Crippen molar-refractivity contribution in [2.24, 2.45) is 0 Å². The summed E-state index contributed by atoms with van der Waals surface area (Å²) in [5.74, 6) is 0.0134. The molecule has 4 nitrogen and oxygen atoms in total. The zero-order valence-electron chi connectivity index (χ0n) is 13.1. The van der Waals surface area contributed by atoms with E-state index in [-0.39, 0.29) is 24.9 Å². The van der Waals surface area contributed by atoms with E-state index in [0.717, 1.165) is 37.7 Å². The van der Waals surface area contributed by atoms with Crippen LogP contribution in [0.2, 0.25) is 0 Å². The van der Waals surface area contributed by atoms with Gasteiger partial charge in [0.2, 0.25) is 5.91 Å². The Morgan fingerprint density at radius 2 is 1.86 bits per heavy atom. The highest BCUT2D eigenvalue weighted by molar-refractivity contribution is 5.77. The van der Waals surface area contributed by atoms with Crippen molar-refractivity contribution in [2.45, 2.75) is 56.5 Å². The second-order valence-corrected chi connectivity index (χ2v) is 6.39. The van der Waals surface area contributed by atoms with Crippen molar-refractivity contribution in [1.29, 1.82) is 0 Å². The highest BCUT2D eigenvalue weighted by atomic mass is 16.3. The highest BCUT2D eigenvalue weighted by Crippen LogP contribution is 2.30. The second kappa shape index (κ2) is 8.30. The summed E-state index contributed by atoms with van der Waals surface area (Å²) in [5, 5.41) is 22.6. The fraction of sp³-hybridized carbons (Fsp3) is 0.611. The number of benzene rings is 1. The van der Waals surface area contributed by atoms with Crippen LogP contribution < -0.4 is 5.32 Å². The van der Waals surface area contributed by atoms with E-state index in [1.807, 2.05) is 30.3 Å². The summed E-state index contributed by atoms with van der Waals surface area (Å²) in [4.78, 5) is 12.1. The number of nitrogens with one attached hydrogen (secondary N) is 1. The van der Waals surface area contributed by atoms with E-state index in [9.17, 15) is 15.0 Å². The maximum atomic E-state index is 12.1. The lowest BCUT2D eigenvalue weighted by molar-refractivity contribution is -0.127. The third-order valence-corrected chi connectivity index (χ3v) is 4.57. The van der Waals surface area contributed by atoms with Crippen LogP contribution in [0.3, 0.4) is 0 Å². The summed E-state index contributed by atoms with van der Waals surface area (Å²) in [7, 11) is 0. The SMILES string of the molecule is O=C(CC1(O)CCCCC1)NCC(CCO)c1ccccc1. The van der Waals surface area contributed by atoms with Gasteiger partial charge in [0.15, 0.2) is 0 Å². The van der Waals surface area contributed by atoms with Crippen LogP contribution >= 0.6 is 0 Å². The molecule has 1 aliphatic rings. The molecule has 1 aliphatic carbocycles. The molecule has 0 aliphatic heterocycles. The smallest absolute Gasteiger partial charge is 0.222 e. The molecule has 1 fully saturated rings. The summed E-state index contributed by atoms with van der Waals surface area (Å²) in [6.07, 6.45) is 5.40. The third kappa shape index (κ3) is 5.11. The molecule has 0 aromatic heterocycles. The predicted molar refractivity (Wildman–Crippen MR) is 86.5 cm³/mol. The van der Waals surface area contributed by atoms with Gasteiger partial charge in [-0.1, -0.05) is 49.6 Å². The fourth-order valence-corrected chi connectivity index (χ4v) is 3.25. The Morgan fingerprint density at radius 1 is 1.18 bits per heavy atom. The van der Waals surface area contributed by atoms with Crippen molar-refractivity contribution in [3.8, 4) is 0 Å². The van der Waals surface area contributed by atoms with Crippen LogP contribution in [-0.4, -0.2) is 34.9 Å². The van der Waals surface area contributed by atoms with Crippen LogP contribution in [0.1, 0.15) is 56.4 Å². The van der Waals surface area contributed by atoms with Crippen molar-refractivity contribution in [3.63, 3.8) is 0 Å². The Bertz CT molecular complexity index is 455. The first-order chi connectivity index (χ1) is 10.6. The molecule has 122 valence electrons. The molecule has 1 unspecified atom stereocenters. The van der Waals surface area contributed by atoms with Gasteiger partial charge < -0.3 is 15.5 Å². The van der Waals surface area contributed by atoms with Crippen LogP contribution in [-0.2, 0) is 4.79 Å². The minimum atomic E-state index is -0.818. The van der Waals surface area contributed by atoms with Crippen molar-refractivity contribution in [3.05, 3.63) is 35.9 Å². The molecular formula is C18H27NO3. The topological polar surface area (TPSA) is 69.6 Å². The molecule has 1 atom stereocenters. The molecule has 1 aromatic rings. The molecule has 2 rings (SSSR count). The summed E-state index contributed by atoms with van der Waals surface area (Å²) in [6, 6.07) is 9.91. The number of aliphatic hydroxyl groups is 2. The zero-order valence-corrected chi connectivity index (χ0v) is 13.1. The van der Waals surface area contributed by atoms with Crippen molar-refractivity contribution in [1.82, 2.24) is 5.32 Å². The average molecular weight is 305 g/mol. The largest absolute Gasteiger partial charge is 0.396 e. The van der Waals surface area contributed by atoms with Crippen molar-refractivity contribution >= 4 is 5.91 Å². The predicted octanol–water partition coefficient (Wildman–Crippen LogP) is 2.35. The quantitative estimate of drug-likeness (QED) is 0.724. The lowest BCUT2D eigenvalue weighted by Gasteiger charge is -2.31. The van der Waals surface area contributed by atoms with Crippen molar-refractivity contribution in [2.75, 3.05) is 13.2 Å². The molecule has 1 amide bonds. The molecule has 3 N–H and O–H groups in total. The van der Waals surface area contributed by atoms with Gasteiger partial charge in [0.05, 0.1) is 12.0 Å². The molecule has 22 heavy (non-hydrogen) atoms. The van der Waals surface area contributed by atoms with Crippen LogP contribution in [0.5, 0.6) is 0 Å². The normalized spacial score (nSPS) is 18.6. The van der Waals surface area contributed by atoms with Gasteiger partial charge in [0.1, 0.15) is 0 Å². The Balaban J connectivity index is 1.85. The van der Waals surface area contributed by atoms with E-state index in [1.54, 1.807) is 0 Å². The number of rotatable bonds is 7. The first-order valence-corrected chi connectivity index (χ1v) is 8.28. The summed E-state index contributed by atoms with van der Waals surface area (Å²) in [5.41, 5.74) is 0.301. The fourth-order valence-electron chi connectivity index (χ4n) is 3.25. The standard InChI is InChI=1S/C18H27NO3/c20-12-9-16(15-7-3-1-4-8-15)14-19-17(21)13-18(22)10-5-2-6-11-18/h1,3-4,7-8,16,20,22H,2,5-6,9-14H2,(H,19,21). The minimum Gasteiger partial charge on any atom is -0.396 e. The van der Waals surface area contributed by atoms with Gasteiger partial charge in [-0.15, -0.1) is 0 Å². The van der Waals surface area contributed by atoms with E-state index >= 15 is 0 Å². The maximum absolute atomic E-state index is 12.1. The molecule has 0 radical (unpaired) electrons. The number of carbonyl (C=O) groups is 1. The van der Waals surface area contributed by atoms with Gasteiger partial charge in [0.25, 0.3) is 0 Å². The van der Waals surface area contributed by atoms with Crippen LogP contribution in [0.4, 0.5) is 0 Å². The molecule has 4 heteroatoms. The van der Waals surface area contributed by atoms with E-state index in [0.29, 0.717) is 13.0 Å². The number of hydrogen-bond acceptors (Lipinski definition) is 3. The molecule has 0 heterocycles. The van der Waals surface area contributed by atoms with Crippen molar-refractivity contribution < 1.29 is 15.0 Å². The monoisotopic (exact) mass is 305 g/mol. The second-order valence-electron chi connectivity index (χ2n) is 6.39. The van der Waals surface area contributed by atoms with Crippen LogP contribution in [0.15, 0.2) is 30.3 Å². The van der Waals surface area contributed by atoms with Gasteiger partial charge in [-0.25, -0.2) is 0 Å². The number of hydrogen-bond donors (Lipinski definition) is 3. The van der Waals surface area contributed by atoms with Gasteiger partial charge in [-0.2, -0.15) is 0 Å². The van der Waals surface area contributed by atoms with E-state index in [2.05, 4.69) is 5.32 Å². The Hall–Kier alpha value is -1.39. The number of carbonyl (C=O) groups excluding carboxylic acids is 1. The Kier molecular flexibility index (Phi) is 6.40. The van der Waals surface area contributed by atoms with Gasteiger partial charge in [-0.05, 0) is 24.8 Å². The molecule has 1 aromatic carbocycles. The first-order valence-electron chi connectivity index (χ1n) is 8.28. The maximum Gasteiger partial charge on any atom is 0.222 e. The van der Waals surface area contributed by atoms with Gasteiger partial charge in [0, 0.05) is 19.1 Å². The van der Waals surface area contributed by atoms with Gasteiger partial charge in [-0.3, -0.25) is 4.79 Å². The first kappa shape index (κ1) is 17.0.